The predicted octanol–water partition coefficient (Wildman–Crippen LogP) is 3.06. The van der Waals surface area contributed by atoms with E-state index in [-0.39, 0.29) is 12.0 Å². The molecule has 0 spiro atoms. The van der Waals surface area contributed by atoms with Crippen LogP contribution >= 0.6 is 11.6 Å². The second kappa shape index (κ2) is 6.63. The van der Waals surface area contributed by atoms with Crippen molar-refractivity contribution in [2.24, 2.45) is 5.41 Å². The van der Waals surface area contributed by atoms with Crippen molar-refractivity contribution in [1.29, 1.82) is 0 Å². The Hall–Kier alpha value is -1.36. The monoisotopic (exact) mass is 333 g/mol. The summed E-state index contributed by atoms with van der Waals surface area (Å²) in [5.41, 5.74) is 4.68. The zero-order chi connectivity index (χ0) is 16.4. The Morgan fingerprint density at radius 2 is 2.04 bits per heavy atom. The maximum atomic E-state index is 9.39. The molecule has 23 heavy (non-hydrogen) atoms. The number of aliphatic hydroxyl groups excluding tert-OH is 1. The van der Waals surface area contributed by atoms with Crippen molar-refractivity contribution in [1.82, 2.24) is 15.1 Å². The van der Waals surface area contributed by atoms with Gasteiger partial charge in [0.1, 0.15) is 0 Å². The highest BCUT2D eigenvalue weighted by Crippen LogP contribution is 2.44. The molecule has 1 aliphatic rings. The molecule has 2 aromatic rings. The van der Waals surface area contributed by atoms with Gasteiger partial charge >= 0.3 is 0 Å². The van der Waals surface area contributed by atoms with Crippen molar-refractivity contribution in [2.45, 2.75) is 39.8 Å². The fourth-order valence-electron chi connectivity index (χ4n) is 2.95. The van der Waals surface area contributed by atoms with Gasteiger partial charge in [0.15, 0.2) is 0 Å². The average molecular weight is 334 g/mol. The molecule has 0 unspecified atom stereocenters. The number of aryl methyl sites for hydroxylation is 1. The van der Waals surface area contributed by atoms with Gasteiger partial charge in [0.05, 0.1) is 12.2 Å². The van der Waals surface area contributed by atoms with Gasteiger partial charge < -0.3 is 10.4 Å². The number of aliphatic hydroxyl groups is 1. The molecule has 5 heteroatoms. The topological polar surface area (TPSA) is 50.1 Å². The number of hydrogen-bond acceptors (Lipinski definition) is 3. The van der Waals surface area contributed by atoms with Gasteiger partial charge in [-0.25, -0.2) is 0 Å². The van der Waals surface area contributed by atoms with Crippen LogP contribution in [-0.2, 0) is 13.1 Å². The van der Waals surface area contributed by atoms with Crippen molar-refractivity contribution in [2.75, 3.05) is 13.2 Å². The van der Waals surface area contributed by atoms with E-state index in [1.165, 1.54) is 11.3 Å². The molecule has 0 amide bonds. The lowest BCUT2D eigenvalue weighted by atomic mass is 10.1. The van der Waals surface area contributed by atoms with E-state index in [1.54, 1.807) is 0 Å². The van der Waals surface area contributed by atoms with Crippen LogP contribution < -0.4 is 5.32 Å². The van der Waals surface area contributed by atoms with E-state index in [1.807, 2.05) is 35.9 Å². The first-order valence-corrected chi connectivity index (χ1v) is 8.50. The number of halogens is 1. The number of hydrogen-bond donors (Lipinski definition) is 2. The van der Waals surface area contributed by atoms with Crippen LogP contribution in [0.2, 0.25) is 5.02 Å². The van der Waals surface area contributed by atoms with Crippen LogP contribution in [0.5, 0.6) is 0 Å². The lowest BCUT2D eigenvalue weighted by molar-refractivity contribution is 0.207. The van der Waals surface area contributed by atoms with E-state index in [2.05, 4.69) is 17.3 Å². The van der Waals surface area contributed by atoms with Gasteiger partial charge in [-0.3, -0.25) is 4.68 Å². The quantitative estimate of drug-likeness (QED) is 0.818. The number of benzene rings is 1. The highest BCUT2D eigenvalue weighted by molar-refractivity contribution is 6.31. The summed E-state index contributed by atoms with van der Waals surface area (Å²) in [7, 11) is 0. The summed E-state index contributed by atoms with van der Waals surface area (Å²) in [6, 6.07) is 7.89. The molecule has 2 N–H and O–H groups in total. The van der Waals surface area contributed by atoms with Crippen molar-refractivity contribution in [3.05, 3.63) is 51.8 Å². The Kier molecular flexibility index (Phi) is 4.76. The Morgan fingerprint density at radius 3 is 2.70 bits per heavy atom. The minimum Gasteiger partial charge on any atom is -0.396 e. The number of nitrogens with zero attached hydrogens (tertiary/aromatic N) is 2. The lowest BCUT2D eigenvalue weighted by Gasteiger charge is -2.13. The van der Waals surface area contributed by atoms with E-state index >= 15 is 0 Å². The molecule has 3 rings (SSSR count). The summed E-state index contributed by atoms with van der Waals surface area (Å²) in [5, 5.41) is 18.3. The highest BCUT2D eigenvalue weighted by atomic mass is 35.5. The van der Waals surface area contributed by atoms with Gasteiger partial charge in [0.25, 0.3) is 0 Å². The zero-order valence-electron chi connectivity index (χ0n) is 13.8. The average Bonchev–Trinajstić information content (AvgIpc) is 3.27. The first-order chi connectivity index (χ1) is 11.0. The van der Waals surface area contributed by atoms with Crippen LogP contribution in [0.15, 0.2) is 24.3 Å². The van der Waals surface area contributed by atoms with Crippen molar-refractivity contribution >= 4 is 11.6 Å². The molecule has 1 heterocycles. The largest absolute Gasteiger partial charge is 0.396 e. The van der Waals surface area contributed by atoms with Gasteiger partial charge in [-0.1, -0.05) is 29.8 Å². The van der Waals surface area contributed by atoms with Crippen LogP contribution in [0, 0.1) is 19.3 Å². The Labute approximate surface area is 142 Å². The summed E-state index contributed by atoms with van der Waals surface area (Å²) in [4.78, 5) is 0. The number of nitrogens with one attached hydrogen (secondary N) is 1. The van der Waals surface area contributed by atoms with E-state index in [0.717, 1.165) is 42.2 Å². The molecule has 0 aliphatic heterocycles. The summed E-state index contributed by atoms with van der Waals surface area (Å²) >= 11 is 6.25. The number of rotatable bonds is 7. The Bertz CT molecular complexity index is 692. The summed E-state index contributed by atoms with van der Waals surface area (Å²) < 4.78 is 2.02. The molecular formula is C18H24ClN3O. The molecule has 0 saturated heterocycles. The molecule has 124 valence electrons. The standard InChI is InChI=1S/C18H24ClN3O/c1-13-16(9-20-11-18(12-23)7-8-18)14(2)22(21-13)10-15-5-3-4-6-17(15)19/h3-6,20,23H,7-12H2,1-2H3. The van der Waals surface area contributed by atoms with Crippen molar-refractivity contribution in [3.8, 4) is 0 Å². The third-order valence-electron chi connectivity index (χ3n) is 4.90. The molecule has 1 aromatic heterocycles. The first kappa shape index (κ1) is 16.5. The van der Waals surface area contributed by atoms with E-state index < -0.39 is 0 Å². The Balaban J connectivity index is 1.68. The van der Waals surface area contributed by atoms with Gasteiger partial charge in [-0.15, -0.1) is 0 Å². The van der Waals surface area contributed by atoms with Crippen LogP contribution in [0.1, 0.15) is 35.4 Å². The summed E-state index contributed by atoms with van der Waals surface area (Å²) in [5.74, 6) is 0. The minimum absolute atomic E-state index is 0.134. The second-order valence-corrected chi connectivity index (χ2v) is 7.07. The Morgan fingerprint density at radius 1 is 1.30 bits per heavy atom. The summed E-state index contributed by atoms with van der Waals surface area (Å²) in [6.07, 6.45) is 2.25. The molecule has 1 saturated carbocycles. The van der Waals surface area contributed by atoms with E-state index in [9.17, 15) is 5.11 Å². The van der Waals surface area contributed by atoms with Crippen molar-refractivity contribution < 1.29 is 5.11 Å². The fraction of sp³-hybridized carbons (Fsp3) is 0.500. The molecule has 0 atom stereocenters. The molecule has 4 nitrogen and oxygen atoms in total. The van der Waals surface area contributed by atoms with Gasteiger partial charge in [0.2, 0.25) is 0 Å². The first-order valence-electron chi connectivity index (χ1n) is 8.12. The maximum Gasteiger partial charge on any atom is 0.0677 e. The maximum absolute atomic E-state index is 9.39. The smallest absolute Gasteiger partial charge is 0.0677 e. The van der Waals surface area contributed by atoms with Crippen LogP contribution in [0.25, 0.3) is 0 Å². The minimum atomic E-state index is 0.134. The normalized spacial score (nSPS) is 15.8. The summed E-state index contributed by atoms with van der Waals surface area (Å²) in [6.45, 7) is 6.79. The van der Waals surface area contributed by atoms with Crippen molar-refractivity contribution in [3.63, 3.8) is 0 Å². The van der Waals surface area contributed by atoms with E-state index in [4.69, 9.17) is 11.6 Å². The van der Waals surface area contributed by atoms with Crippen LogP contribution in [0.3, 0.4) is 0 Å². The zero-order valence-corrected chi connectivity index (χ0v) is 14.5. The van der Waals surface area contributed by atoms with Crippen LogP contribution in [-0.4, -0.2) is 28.0 Å². The second-order valence-electron chi connectivity index (χ2n) is 6.66. The molecule has 0 radical (unpaired) electrons. The van der Waals surface area contributed by atoms with E-state index in [0.29, 0.717) is 6.54 Å². The predicted molar refractivity (Wildman–Crippen MR) is 92.7 cm³/mol. The third-order valence-corrected chi connectivity index (χ3v) is 5.27. The highest BCUT2D eigenvalue weighted by Gasteiger charge is 2.41. The van der Waals surface area contributed by atoms with Crippen LogP contribution in [0.4, 0.5) is 0 Å². The lowest BCUT2D eigenvalue weighted by Crippen LogP contribution is -2.26. The number of aromatic nitrogens is 2. The van der Waals surface area contributed by atoms with Gasteiger partial charge in [0, 0.05) is 41.4 Å². The third kappa shape index (κ3) is 3.60. The van der Waals surface area contributed by atoms with Gasteiger partial charge in [-0.2, -0.15) is 5.10 Å². The SMILES string of the molecule is Cc1nn(Cc2ccccc2Cl)c(C)c1CNCC1(CO)CC1. The molecule has 1 aromatic carbocycles. The van der Waals surface area contributed by atoms with Gasteiger partial charge in [-0.05, 0) is 38.3 Å². The molecular weight excluding hydrogens is 310 g/mol. The molecule has 1 aliphatic carbocycles. The molecule has 1 fully saturated rings. The molecule has 0 bridgehead atoms. The fourth-order valence-corrected chi connectivity index (χ4v) is 3.15.